The number of nitrogens with one attached hydrogen (secondary N) is 2. The highest BCUT2D eigenvalue weighted by Gasteiger charge is 2.28. The largest absolute Gasteiger partial charge is 0.326 e. The molecule has 0 bridgehead atoms. The lowest BCUT2D eigenvalue weighted by molar-refractivity contribution is -0.120. The molecule has 1 amide bonds. The fourth-order valence-corrected chi connectivity index (χ4v) is 4.96. The number of nitrogens with zero attached hydrogens (tertiary/aromatic N) is 2. The van der Waals surface area contributed by atoms with Crippen molar-refractivity contribution in [2.75, 3.05) is 51.1 Å². The van der Waals surface area contributed by atoms with Crippen molar-refractivity contribution in [2.45, 2.75) is 24.7 Å². The number of carbonyl (C=O) groups excluding carboxylic acids is 1. The molecule has 2 aliphatic heterocycles. The van der Waals surface area contributed by atoms with Gasteiger partial charge in [0, 0.05) is 38.4 Å². The Morgan fingerprint density at radius 2 is 1.93 bits per heavy atom. The Morgan fingerprint density at radius 3 is 2.54 bits per heavy atom. The number of likely N-dealkylation sites (N-methyl/N-ethyl adjacent to an activating group) is 1. The summed E-state index contributed by atoms with van der Waals surface area (Å²) in [6, 6.07) is 6.58. The van der Waals surface area contributed by atoms with Gasteiger partial charge in [0.25, 0.3) is 0 Å². The maximum absolute atomic E-state index is 12.9. The van der Waals surface area contributed by atoms with Crippen molar-refractivity contribution in [1.82, 2.24) is 14.5 Å². The van der Waals surface area contributed by atoms with Crippen LogP contribution in [0.2, 0.25) is 0 Å². The predicted molar refractivity (Wildman–Crippen MR) is 116 cm³/mol. The van der Waals surface area contributed by atoms with Crippen LogP contribution in [0, 0.1) is 5.92 Å². The van der Waals surface area contributed by atoms with Gasteiger partial charge in [-0.05, 0) is 44.1 Å². The van der Waals surface area contributed by atoms with Crippen LogP contribution in [0.25, 0.3) is 0 Å². The molecule has 160 valence electrons. The van der Waals surface area contributed by atoms with Crippen LogP contribution < -0.4 is 10.6 Å². The standard InChI is InChI=1S/C18H28N4O3S.2ClH/c1-2-21-9-11-22(12-10-21)26(24,25)17-7-3-6-16(13-17)20-18(23)15-5-4-8-19-14-15;;/h3,6-7,13,15,19H,2,4-5,8-12,14H2,1H3,(H,20,23);2*1H. The van der Waals surface area contributed by atoms with Crippen molar-refractivity contribution >= 4 is 46.4 Å². The summed E-state index contributed by atoms with van der Waals surface area (Å²) in [7, 11) is -3.53. The fraction of sp³-hybridized carbons (Fsp3) is 0.611. The van der Waals surface area contributed by atoms with E-state index in [2.05, 4.69) is 22.5 Å². The van der Waals surface area contributed by atoms with Crippen molar-refractivity contribution in [1.29, 1.82) is 0 Å². The van der Waals surface area contributed by atoms with Crippen LogP contribution >= 0.6 is 24.8 Å². The molecule has 2 fully saturated rings. The summed E-state index contributed by atoms with van der Waals surface area (Å²) in [5.41, 5.74) is 0.536. The number of hydrogen-bond acceptors (Lipinski definition) is 5. The molecule has 3 rings (SSSR count). The highest BCUT2D eigenvalue weighted by Crippen LogP contribution is 2.22. The van der Waals surface area contributed by atoms with Gasteiger partial charge in [0.1, 0.15) is 0 Å². The van der Waals surface area contributed by atoms with Crippen LogP contribution in [0.3, 0.4) is 0 Å². The quantitative estimate of drug-likeness (QED) is 0.711. The van der Waals surface area contributed by atoms with Gasteiger partial charge in [-0.3, -0.25) is 4.79 Å². The number of benzene rings is 1. The molecule has 2 saturated heterocycles. The normalized spacial score (nSPS) is 21.2. The van der Waals surface area contributed by atoms with Gasteiger partial charge in [-0.25, -0.2) is 8.42 Å². The SMILES string of the molecule is CCN1CCN(S(=O)(=O)c2cccc(NC(=O)C3CCCNC3)c2)CC1.Cl.Cl. The number of anilines is 1. The van der Waals surface area contributed by atoms with E-state index in [1.807, 2.05) is 0 Å². The molecule has 7 nitrogen and oxygen atoms in total. The topological polar surface area (TPSA) is 81.8 Å². The number of rotatable bonds is 5. The van der Waals surface area contributed by atoms with Crippen molar-refractivity contribution in [2.24, 2.45) is 5.92 Å². The molecule has 2 N–H and O–H groups in total. The smallest absolute Gasteiger partial charge is 0.243 e. The van der Waals surface area contributed by atoms with Gasteiger partial charge >= 0.3 is 0 Å². The number of hydrogen-bond donors (Lipinski definition) is 2. The van der Waals surface area contributed by atoms with E-state index in [-0.39, 0.29) is 41.5 Å². The minimum atomic E-state index is -3.53. The molecular weight excluding hydrogens is 423 g/mol. The monoisotopic (exact) mass is 452 g/mol. The minimum Gasteiger partial charge on any atom is -0.326 e. The summed E-state index contributed by atoms with van der Waals surface area (Å²) in [6.45, 7) is 7.14. The van der Waals surface area contributed by atoms with Crippen LogP contribution in [0.5, 0.6) is 0 Å². The Labute approximate surface area is 180 Å². The Kier molecular flexibility index (Phi) is 10.2. The molecule has 0 spiro atoms. The Bertz CT molecular complexity index is 734. The maximum Gasteiger partial charge on any atom is 0.243 e. The third kappa shape index (κ3) is 6.05. The van der Waals surface area contributed by atoms with Crippen molar-refractivity contribution < 1.29 is 13.2 Å². The van der Waals surface area contributed by atoms with E-state index in [4.69, 9.17) is 0 Å². The Balaban J connectivity index is 0.00000196. The molecule has 1 aromatic carbocycles. The number of amides is 1. The number of carbonyl (C=O) groups is 1. The maximum atomic E-state index is 12.9. The average Bonchev–Trinajstić information content (AvgIpc) is 2.69. The molecule has 0 radical (unpaired) electrons. The van der Waals surface area contributed by atoms with Gasteiger partial charge in [-0.1, -0.05) is 13.0 Å². The predicted octanol–water partition coefficient (Wildman–Crippen LogP) is 1.79. The average molecular weight is 453 g/mol. The lowest BCUT2D eigenvalue weighted by atomic mass is 9.99. The molecule has 0 aliphatic carbocycles. The van der Waals surface area contributed by atoms with Crippen molar-refractivity contribution in [3.63, 3.8) is 0 Å². The van der Waals surface area contributed by atoms with Crippen LogP contribution in [0.4, 0.5) is 5.69 Å². The highest BCUT2D eigenvalue weighted by atomic mass is 35.5. The second kappa shape index (κ2) is 11.3. The second-order valence-electron chi connectivity index (χ2n) is 6.90. The number of halogens is 2. The van der Waals surface area contributed by atoms with Gasteiger partial charge in [0.15, 0.2) is 0 Å². The molecule has 0 aromatic heterocycles. The zero-order chi connectivity index (χ0) is 18.6. The molecule has 1 atom stereocenters. The summed E-state index contributed by atoms with van der Waals surface area (Å²) >= 11 is 0. The third-order valence-corrected chi connectivity index (χ3v) is 7.08. The lowest BCUT2D eigenvalue weighted by Gasteiger charge is -2.33. The molecule has 28 heavy (non-hydrogen) atoms. The Morgan fingerprint density at radius 1 is 1.21 bits per heavy atom. The molecular formula is C18H30Cl2N4O3S. The first-order valence-electron chi connectivity index (χ1n) is 9.35. The highest BCUT2D eigenvalue weighted by molar-refractivity contribution is 7.89. The molecule has 2 heterocycles. The third-order valence-electron chi connectivity index (χ3n) is 5.19. The molecule has 2 aliphatic rings. The van der Waals surface area contributed by atoms with Crippen molar-refractivity contribution in [3.8, 4) is 0 Å². The van der Waals surface area contributed by atoms with Gasteiger partial charge in [0.05, 0.1) is 10.8 Å². The van der Waals surface area contributed by atoms with Crippen LogP contribution in [0.15, 0.2) is 29.2 Å². The van der Waals surface area contributed by atoms with Gasteiger partial charge in [-0.2, -0.15) is 4.31 Å². The first kappa shape index (κ1) is 25.1. The fourth-order valence-electron chi connectivity index (χ4n) is 3.49. The van der Waals surface area contributed by atoms with E-state index in [1.165, 1.54) is 4.31 Å². The summed E-state index contributed by atoms with van der Waals surface area (Å²) < 4.78 is 27.3. The van der Waals surface area contributed by atoms with E-state index in [0.717, 1.165) is 39.0 Å². The zero-order valence-electron chi connectivity index (χ0n) is 16.1. The second-order valence-corrected chi connectivity index (χ2v) is 8.84. The van der Waals surface area contributed by atoms with Gasteiger partial charge in [-0.15, -0.1) is 24.8 Å². The molecule has 1 unspecified atom stereocenters. The summed E-state index contributed by atoms with van der Waals surface area (Å²) in [5, 5.41) is 6.09. The zero-order valence-corrected chi connectivity index (χ0v) is 18.5. The minimum absolute atomic E-state index is 0. The van der Waals surface area contributed by atoms with E-state index in [0.29, 0.717) is 25.3 Å². The van der Waals surface area contributed by atoms with E-state index in [1.54, 1.807) is 24.3 Å². The Hall–Kier alpha value is -0.900. The van der Waals surface area contributed by atoms with Crippen LogP contribution in [0.1, 0.15) is 19.8 Å². The summed E-state index contributed by atoms with van der Waals surface area (Å²) in [4.78, 5) is 14.9. The molecule has 0 saturated carbocycles. The molecule has 10 heteroatoms. The van der Waals surface area contributed by atoms with Crippen LogP contribution in [-0.2, 0) is 14.8 Å². The van der Waals surface area contributed by atoms with Crippen LogP contribution in [-0.4, -0.2) is 69.3 Å². The number of piperazine rings is 1. The van der Waals surface area contributed by atoms with E-state index < -0.39 is 10.0 Å². The van der Waals surface area contributed by atoms with E-state index >= 15 is 0 Å². The molecule has 1 aromatic rings. The van der Waals surface area contributed by atoms with E-state index in [9.17, 15) is 13.2 Å². The van der Waals surface area contributed by atoms with Gasteiger partial charge in [0.2, 0.25) is 15.9 Å². The van der Waals surface area contributed by atoms with Crippen molar-refractivity contribution in [3.05, 3.63) is 24.3 Å². The lowest BCUT2D eigenvalue weighted by Crippen LogP contribution is -2.48. The number of sulfonamides is 1. The number of piperidine rings is 1. The first-order valence-corrected chi connectivity index (χ1v) is 10.8. The summed E-state index contributed by atoms with van der Waals surface area (Å²) in [6.07, 6.45) is 1.84. The first-order chi connectivity index (χ1) is 12.5. The van der Waals surface area contributed by atoms with Gasteiger partial charge < -0.3 is 15.5 Å². The summed E-state index contributed by atoms with van der Waals surface area (Å²) in [5.74, 6) is -0.116.